The minimum Gasteiger partial charge on any atom is -0.305 e. The van der Waals surface area contributed by atoms with Gasteiger partial charge in [-0.2, -0.15) is 10.1 Å². The number of nitrogens with one attached hydrogen (secondary N) is 2. The smallest absolute Gasteiger partial charge is 0.282 e. The van der Waals surface area contributed by atoms with Crippen LogP contribution in [0.4, 0.5) is 0 Å². The molecule has 1 aliphatic carbocycles. The average Bonchev–Trinajstić information content (AvgIpc) is 3.18. The number of nitrogens with zero attached hydrogens (tertiary/aromatic N) is 2. The third-order valence-electron chi connectivity index (χ3n) is 3.33. The first-order valence-corrected chi connectivity index (χ1v) is 7.01. The Kier molecular flexibility index (Phi) is 3.91. The maximum atomic E-state index is 12.3. The second kappa shape index (κ2) is 6.17. The van der Waals surface area contributed by atoms with Gasteiger partial charge in [-0.25, -0.2) is 0 Å². The van der Waals surface area contributed by atoms with E-state index in [0.717, 1.165) is 0 Å². The van der Waals surface area contributed by atoms with E-state index in [0.29, 0.717) is 22.5 Å². The summed E-state index contributed by atoms with van der Waals surface area (Å²) in [7, 11) is 0. The van der Waals surface area contributed by atoms with Gasteiger partial charge in [0, 0.05) is 17.8 Å². The van der Waals surface area contributed by atoms with Crippen molar-refractivity contribution in [3.8, 4) is 0 Å². The van der Waals surface area contributed by atoms with Gasteiger partial charge >= 0.3 is 0 Å². The summed E-state index contributed by atoms with van der Waals surface area (Å²) >= 11 is 0. The standard InChI is InChI=1S/C17H14N4O2/c1-12-15(17(23)21(20-12)14-9-5-6-10-14)11-18-19-16(22)13-7-3-2-4-8-13/h2-5,7-11,18H,1H3,(H,19,22)/b15-11-. The Balaban J connectivity index is 1.64. The van der Waals surface area contributed by atoms with E-state index in [-0.39, 0.29) is 11.8 Å². The van der Waals surface area contributed by atoms with Crippen LogP contribution in [-0.4, -0.2) is 22.5 Å². The van der Waals surface area contributed by atoms with Crippen molar-refractivity contribution in [3.63, 3.8) is 0 Å². The molecular formula is C17H14N4O2. The number of carbonyl (C=O) groups excluding carboxylic acids is 2. The fourth-order valence-corrected chi connectivity index (χ4v) is 2.14. The van der Waals surface area contributed by atoms with E-state index in [4.69, 9.17) is 0 Å². The second-order valence-electron chi connectivity index (χ2n) is 4.89. The number of rotatable bonds is 4. The van der Waals surface area contributed by atoms with Gasteiger partial charge in [0.25, 0.3) is 11.8 Å². The van der Waals surface area contributed by atoms with Crippen molar-refractivity contribution in [2.45, 2.75) is 6.92 Å². The van der Waals surface area contributed by atoms with Gasteiger partial charge in [-0.05, 0) is 31.2 Å². The zero-order valence-electron chi connectivity index (χ0n) is 12.4. The van der Waals surface area contributed by atoms with Crippen LogP contribution in [0.1, 0.15) is 17.3 Å². The van der Waals surface area contributed by atoms with Crippen LogP contribution in [0.5, 0.6) is 0 Å². The molecule has 0 unspecified atom stereocenters. The SMILES string of the molecule is CC1=NN(C2=CC=C=C2)C(=O)/C1=C\NNC(=O)c1ccccc1. The lowest BCUT2D eigenvalue weighted by molar-refractivity contribution is -0.123. The first-order chi connectivity index (χ1) is 11.2. The van der Waals surface area contributed by atoms with Crippen LogP contribution < -0.4 is 10.9 Å². The van der Waals surface area contributed by atoms with Gasteiger partial charge in [0.2, 0.25) is 0 Å². The predicted molar refractivity (Wildman–Crippen MR) is 85.8 cm³/mol. The number of benzene rings is 1. The lowest BCUT2D eigenvalue weighted by Gasteiger charge is -2.10. The fraction of sp³-hybridized carbons (Fsp3) is 0.0588. The number of allylic oxidation sites excluding steroid dienone is 2. The van der Waals surface area contributed by atoms with E-state index >= 15 is 0 Å². The van der Waals surface area contributed by atoms with Gasteiger partial charge in [-0.1, -0.05) is 18.2 Å². The molecule has 2 aliphatic rings. The van der Waals surface area contributed by atoms with E-state index < -0.39 is 0 Å². The van der Waals surface area contributed by atoms with Crippen molar-refractivity contribution in [2.75, 3.05) is 0 Å². The molecular weight excluding hydrogens is 292 g/mol. The van der Waals surface area contributed by atoms with E-state index in [9.17, 15) is 9.59 Å². The second-order valence-corrected chi connectivity index (χ2v) is 4.89. The van der Waals surface area contributed by atoms with Crippen LogP contribution in [-0.2, 0) is 4.79 Å². The molecule has 6 nitrogen and oxygen atoms in total. The van der Waals surface area contributed by atoms with Gasteiger partial charge in [-0.3, -0.25) is 15.0 Å². The maximum absolute atomic E-state index is 12.3. The molecule has 1 aliphatic heterocycles. The first kappa shape index (κ1) is 14.6. The summed E-state index contributed by atoms with van der Waals surface area (Å²) in [6.07, 6.45) is 6.59. The number of hydrazine groups is 1. The Morgan fingerprint density at radius 2 is 2.09 bits per heavy atom. The molecule has 114 valence electrons. The molecule has 1 aromatic rings. The average molecular weight is 306 g/mol. The molecule has 0 fully saturated rings. The molecule has 0 aromatic heterocycles. The molecule has 0 spiro atoms. The molecule has 0 bridgehead atoms. The molecule has 1 aromatic carbocycles. The van der Waals surface area contributed by atoms with Crippen LogP contribution in [0, 0.1) is 0 Å². The highest BCUT2D eigenvalue weighted by Gasteiger charge is 2.29. The quantitative estimate of drug-likeness (QED) is 0.504. The first-order valence-electron chi connectivity index (χ1n) is 7.01. The molecule has 6 heteroatoms. The molecule has 2 amide bonds. The number of hydrogen-bond donors (Lipinski definition) is 2. The van der Waals surface area contributed by atoms with Crippen molar-refractivity contribution in [1.82, 2.24) is 15.9 Å². The van der Waals surface area contributed by atoms with E-state index in [2.05, 4.69) is 21.7 Å². The van der Waals surface area contributed by atoms with Crippen LogP contribution in [0.15, 0.2) is 76.9 Å². The fourth-order valence-electron chi connectivity index (χ4n) is 2.14. The summed E-state index contributed by atoms with van der Waals surface area (Å²) in [4.78, 5) is 24.2. The molecule has 3 rings (SSSR count). The van der Waals surface area contributed by atoms with Crippen molar-refractivity contribution in [1.29, 1.82) is 0 Å². The van der Waals surface area contributed by atoms with Crippen molar-refractivity contribution < 1.29 is 9.59 Å². The number of hydrazone groups is 1. The largest absolute Gasteiger partial charge is 0.305 e. The highest BCUT2D eigenvalue weighted by Crippen LogP contribution is 2.21. The highest BCUT2D eigenvalue weighted by atomic mass is 16.2. The Labute approximate surface area is 133 Å². The summed E-state index contributed by atoms with van der Waals surface area (Å²) < 4.78 is 0. The zero-order chi connectivity index (χ0) is 16.2. The Bertz CT molecular complexity index is 812. The van der Waals surface area contributed by atoms with Crippen LogP contribution >= 0.6 is 0 Å². The molecule has 0 saturated heterocycles. The number of hydrogen-bond acceptors (Lipinski definition) is 4. The van der Waals surface area contributed by atoms with Crippen molar-refractivity contribution >= 4 is 17.5 Å². The lowest BCUT2D eigenvalue weighted by Crippen LogP contribution is -2.34. The van der Waals surface area contributed by atoms with Crippen molar-refractivity contribution in [3.05, 3.63) is 77.3 Å². The van der Waals surface area contributed by atoms with Gasteiger partial charge in [0.15, 0.2) is 0 Å². The minimum absolute atomic E-state index is 0.261. The van der Waals surface area contributed by atoms with Crippen molar-refractivity contribution in [2.24, 2.45) is 5.10 Å². The van der Waals surface area contributed by atoms with Crippen LogP contribution in [0.2, 0.25) is 0 Å². The van der Waals surface area contributed by atoms with E-state index in [1.807, 2.05) is 6.07 Å². The van der Waals surface area contributed by atoms with Crippen LogP contribution in [0.3, 0.4) is 0 Å². The Hall–Kier alpha value is -3.37. The molecule has 0 radical (unpaired) electrons. The topological polar surface area (TPSA) is 73.8 Å². The summed E-state index contributed by atoms with van der Waals surface area (Å²) in [6, 6.07) is 8.79. The van der Waals surface area contributed by atoms with Gasteiger partial charge < -0.3 is 5.43 Å². The number of carbonyl (C=O) groups is 2. The van der Waals surface area contributed by atoms with E-state index in [1.165, 1.54) is 11.2 Å². The summed E-state index contributed by atoms with van der Waals surface area (Å²) in [5.74, 6) is -0.548. The summed E-state index contributed by atoms with van der Waals surface area (Å²) in [5, 5.41) is 5.51. The normalized spacial score (nSPS) is 17.5. The third-order valence-corrected chi connectivity index (χ3v) is 3.33. The molecule has 2 N–H and O–H groups in total. The van der Waals surface area contributed by atoms with Gasteiger partial charge in [0.05, 0.1) is 17.0 Å². The summed E-state index contributed by atoms with van der Waals surface area (Å²) in [5.41, 5.74) is 10.2. The predicted octanol–water partition coefficient (Wildman–Crippen LogP) is 1.63. The molecule has 0 saturated carbocycles. The number of amides is 2. The molecule has 1 heterocycles. The molecule has 23 heavy (non-hydrogen) atoms. The molecule has 0 atom stereocenters. The zero-order valence-corrected chi connectivity index (χ0v) is 12.4. The monoisotopic (exact) mass is 306 g/mol. The minimum atomic E-state index is -0.287. The third kappa shape index (κ3) is 2.97. The van der Waals surface area contributed by atoms with Gasteiger partial charge in [0.1, 0.15) is 0 Å². The van der Waals surface area contributed by atoms with Crippen LogP contribution in [0.25, 0.3) is 0 Å². The maximum Gasteiger partial charge on any atom is 0.282 e. The Morgan fingerprint density at radius 3 is 2.78 bits per heavy atom. The van der Waals surface area contributed by atoms with Gasteiger partial charge in [-0.15, -0.1) is 5.73 Å². The van der Waals surface area contributed by atoms with E-state index in [1.54, 1.807) is 49.4 Å². The lowest BCUT2D eigenvalue weighted by atomic mass is 10.2. The summed E-state index contributed by atoms with van der Waals surface area (Å²) in [6.45, 7) is 1.73. The highest BCUT2D eigenvalue weighted by molar-refractivity contribution is 6.24. The Morgan fingerprint density at radius 1 is 1.30 bits per heavy atom.